The normalized spacial score (nSPS) is 11.6. The van der Waals surface area contributed by atoms with Crippen molar-refractivity contribution in [1.29, 1.82) is 0 Å². The molecule has 0 aliphatic rings. The molecule has 0 N–H and O–H groups in total. The average Bonchev–Trinajstić information content (AvgIpc) is 3.76. The molecule has 234 valence electrons. The van der Waals surface area contributed by atoms with Crippen molar-refractivity contribution >= 4 is 43.9 Å². The molecule has 0 aliphatic carbocycles. The number of furan rings is 2. The molecule has 0 fully saturated rings. The zero-order valence-corrected chi connectivity index (χ0v) is 26.7. The Morgan fingerprint density at radius 2 is 0.600 bits per heavy atom. The lowest BCUT2D eigenvalue weighted by molar-refractivity contribution is 0.668. The Balaban J connectivity index is 0.999. The number of hydrogen-bond donors (Lipinski definition) is 0. The molecular formula is C45H27N3O2. The van der Waals surface area contributed by atoms with Crippen molar-refractivity contribution in [2.45, 2.75) is 0 Å². The van der Waals surface area contributed by atoms with Crippen molar-refractivity contribution in [2.24, 2.45) is 0 Å². The van der Waals surface area contributed by atoms with Gasteiger partial charge >= 0.3 is 0 Å². The molecule has 7 aromatic carbocycles. The van der Waals surface area contributed by atoms with Gasteiger partial charge in [0.25, 0.3) is 0 Å². The van der Waals surface area contributed by atoms with Crippen LogP contribution in [0.15, 0.2) is 173 Å². The highest BCUT2D eigenvalue weighted by Gasteiger charge is 2.14. The van der Waals surface area contributed by atoms with Gasteiger partial charge in [-0.1, -0.05) is 127 Å². The van der Waals surface area contributed by atoms with Gasteiger partial charge in [-0.25, -0.2) is 15.0 Å². The lowest BCUT2D eigenvalue weighted by atomic mass is 10.0. The number of hydrogen-bond acceptors (Lipinski definition) is 5. The molecule has 5 heteroatoms. The molecule has 0 radical (unpaired) electrons. The number of fused-ring (bicyclic) bond motifs is 6. The largest absolute Gasteiger partial charge is 0.456 e. The molecule has 0 spiro atoms. The van der Waals surface area contributed by atoms with Gasteiger partial charge in [0.2, 0.25) is 0 Å². The fourth-order valence-corrected chi connectivity index (χ4v) is 6.78. The lowest BCUT2D eigenvalue weighted by Crippen LogP contribution is -2.00. The summed E-state index contributed by atoms with van der Waals surface area (Å²) in [4.78, 5) is 14.8. The van der Waals surface area contributed by atoms with Crippen LogP contribution in [0.2, 0.25) is 0 Å². The van der Waals surface area contributed by atoms with Crippen molar-refractivity contribution in [3.8, 4) is 56.4 Å². The summed E-state index contributed by atoms with van der Waals surface area (Å²) in [5, 5.41) is 4.49. The van der Waals surface area contributed by atoms with E-state index in [9.17, 15) is 0 Å². The molecule has 0 atom stereocenters. The van der Waals surface area contributed by atoms with Gasteiger partial charge in [-0.05, 0) is 58.7 Å². The fraction of sp³-hybridized carbons (Fsp3) is 0. The molecule has 10 rings (SSSR count). The van der Waals surface area contributed by atoms with E-state index >= 15 is 0 Å². The number of benzene rings is 7. The predicted octanol–water partition coefficient (Wildman–Crippen LogP) is 12.0. The summed E-state index contributed by atoms with van der Waals surface area (Å²) in [6.45, 7) is 0. The van der Waals surface area contributed by atoms with E-state index in [1.54, 1.807) is 0 Å². The maximum absolute atomic E-state index is 6.15. The first-order chi connectivity index (χ1) is 24.7. The molecule has 3 heterocycles. The Morgan fingerprint density at radius 1 is 0.260 bits per heavy atom. The van der Waals surface area contributed by atoms with E-state index in [4.69, 9.17) is 23.8 Å². The Kier molecular flexibility index (Phi) is 6.42. The molecule has 0 unspecified atom stereocenters. The van der Waals surface area contributed by atoms with Crippen LogP contribution < -0.4 is 0 Å². The van der Waals surface area contributed by atoms with Crippen LogP contribution in [0.25, 0.3) is 100 Å². The minimum Gasteiger partial charge on any atom is -0.456 e. The summed E-state index contributed by atoms with van der Waals surface area (Å²) in [6, 6.07) is 55.8. The van der Waals surface area contributed by atoms with E-state index in [1.165, 1.54) is 0 Å². The van der Waals surface area contributed by atoms with Crippen LogP contribution in [0.4, 0.5) is 0 Å². The van der Waals surface area contributed by atoms with Crippen molar-refractivity contribution in [3.05, 3.63) is 164 Å². The van der Waals surface area contributed by atoms with Gasteiger partial charge in [-0.2, -0.15) is 0 Å². The second kappa shape index (κ2) is 11.4. The summed E-state index contributed by atoms with van der Waals surface area (Å²) in [5.74, 6) is 1.87. The van der Waals surface area contributed by atoms with Gasteiger partial charge in [0.1, 0.15) is 22.3 Å². The maximum Gasteiger partial charge on any atom is 0.164 e. The van der Waals surface area contributed by atoms with Crippen LogP contribution in [0.3, 0.4) is 0 Å². The summed E-state index contributed by atoms with van der Waals surface area (Å²) in [7, 11) is 0. The van der Waals surface area contributed by atoms with Crippen LogP contribution in [-0.2, 0) is 0 Å². The number of para-hydroxylation sites is 2. The highest BCUT2D eigenvalue weighted by Crippen LogP contribution is 2.35. The molecule has 0 amide bonds. The third kappa shape index (κ3) is 4.83. The molecule has 3 aromatic heterocycles. The Labute approximate surface area is 287 Å². The van der Waals surface area contributed by atoms with Crippen LogP contribution in [0, 0.1) is 0 Å². The van der Waals surface area contributed by atoms with Crippen molar-refractivity contribution in [2.75, 3.05) is 0 Å². The van der Waals surface area contributed by atoms with E-state index in [1.807, 2.05) is 66.7 Å². The molecular weight excluding hydrogens is 615 g/mol. The maximum atomic E-state index is 6.15. The average molecular weight is 642 g/mol. The topological polar surface area (TPSA) is 65.0 Å². The standard InChI is InChI=1S/C45H27N3O2/c1-2-8-30(9-3-1)43-46-44(31-18-14-28(15-19-31)33-22-24-37-35-10-4-6-12-39(35)49-41(37)26-33)48-45(47-43)32-20-16-29(17-21-32)34-23-25-38-36-11-5-7-13-40(36)50-42(38)27-34/h1-27H. The van der Waals surface area contributed by atoms with Crippen LogP contribution in [0.5, 0.6) is 0 Å². The Morgan fingerprint density at radius 3 is 1.06 bits per heavy atom. The smallest absolute Gasteiger partial charge is 0.164 e. The first-order valence-electron chi connectivity index (χ1n) is 16.6. The third-order valence-electron chi connectivity index (χ3n) is 9.38. The lowest BCUT2D eigenvalue weighted by Gasteiger charge is -2.10. The first kappa shape index (κ1) is 28.2. The fourth-order valence-electron chi connectivity index (χ4n) is 6.78. The van der Waals surface area contributed by atoms with E-state index in [-0.39, 0.29) is 0 Å². The number of nitrogens with zero attached hydrogens (tertiary/aromatic N) is 3. The minimum absolute atomic E-state index is 0.618. The Hall–Kier alpha value is -6.85. The number of rotatable bonds is 5. The molecule has 10 aromatic rings. The molecule has 0 saturated heterocycles. The van der Waals surface area contributed by atoms with Crippen molar-refractivity contribution < 1.29 is 8.83 Å². The van der Waals surface area contributed by atoms with Gasteiger partial charge in [0.05, 0.1) is 0 Å². The molecule has 0 bridgehead atoms. The molecule has 5 nitrogen and oxygen atoms in total. The predicted molar refractivity (Wildman–Crippen MR) is 202 cm³/mol. The highest BCUT2D eigenvalue weighted by molar-refractivity contribution is 6.06. The Bertz CT molecular complexity index is 2680. The van der Waals surface area contributed by atoms with Crippen molar-refractivity contribution in [3.63, 3.8) is 0 Å². The SMILES string of the molecule is c1ccc(-c2nc(-c3ccc(-c4ccc5c(c4)oc4ccccc45)cc3)nc(-c3ccc(-c4ccc5c(c4)oc4ccccc45)cc3)n2)cc1. The second-order valence-corrected chi connectivity index (χ2v) is 12.4. The second-order valence-electron chi connectivity index (χ2n) is 12.4. The summed E-state index contributed by atoms with van der Waals surface area (Å²) < 4.78 is 12.3. The zero-order valence-electron chi connectivity index (χ0n) is 26.7. The molecule has 0 aliphatic heterocycles. The van der Waals surface area contributed by atoms with Crippen LogP contribution >= 0.6 is 0 Å². The van der Waals surface area contributed by atoms with E-state index in [0.29, 0.717) is 17.5 Å². The van der Waals surface area contributed by atoms with Gasteiger partial charge in [0.15, 0.2) is 17.5 Å². The van der Waals surface area contributed by atoms with E-state index in [0.717, 1.165) is 82.8 Å². The van der Waals surface area contributed by atoms with Crippen molar-refractivity contribution in [1.82, 2.24) is 15.0 Å². The van der Waals surface area contributed by atoms with Crippen LogP contribution in [0.1, 0.15) is 0 Å². The van der Waals surface area contributed by atoms with Gasteiger partial charge in [0, 0.05) is 38.2 Å². The molecule has 0 saturated carbocycles. The van der Waals surface area contributed by atoms with E-state index < -0.39 is 0 Å². The first-order valence-corrected chi connectivity index (χ1v) is 16.6. The van der Waals surface area contributed by atoms with Gasteiger partial charge in [-0.3, -0.25) is 0 Å². The zero-order chi connectivity index (χ0) is 33.0. The summed E-state index contributed by atoms with van der Waals surface area (Å²) >= 11 is 0. The summed E-state index contributed by atoms with van der Waals surface area (Å²) in [6.07, 6.45) is 0. The quantitative estimate of drug-likeness (QED) is 0.187. The van der Waals surface area contributed by atoms with Gasteiger partial charge in [-0.15, -0.1) is 0 Å². The summed E-state index contributed by atoms with van der Waals surface area (Å²) in [5.41, 5.74) is 10.7. The monoisotopic (exact) mass is 641 g/mol. The number of aromatic nitrogens is 3. The molecule has 50 heavy (non-hydrogen) atoms. The highest BCUT2D eigenvalue weighted by atomic mass is 16.3. The minimum atomic E-state index is 0.618. The van der Waals surface area contributed by atoms with Gasteiger partial charge < -0.3 is 8.83 Å². The van der Waals surface area contributed by atoms with E-state index in [2.05, 4.69) is 97.1 Å². The van der Waals surface area contributed by atoms with Crippen LogP contribution in [-0.4, -0.2) is 15.0 Å². The third-order valence-corrected chi connectivity index (χ3v) is 9.38.